The van der Waals surface area contributed by atoms with Crippen molar-refractivity contribution in [2.45, 2.75) is 13.0 Å². The molecule has 0 amide bonds. The minimum absolute atomic E-state index is 0.786. The fraction of sp³-hybridized carbons (Fsp3) is 0.333. The minimum Gasteiger partial charge on any atom is -0.493 e. The largest absolute Gasteiger partial charge is 0.493 e. The number of fused-ring (bicyclic) bond motifs is 3. The van der Waals surface area contributed by atoms with Crippen molar-refractivity contribution < 1.29 is 9.47 Å². The van der Waals surface area contributed by atoms with E-state index in [1.54, 1.807) is 14.2 Å². The Morgan fingerprint density at radius 2 is 1.62 bits per heavy atom. The summed E-state index contributed by atoms with van der Waals surface area (Å²) in [6.07, 6.45) is 1.07. The zero-order chi connectivity index (χ0) is 14.8. The van der Waals surface area contributed by atoms with Crippen molar-refractivity contribution >= 4 is 0 Å². The quantitative estimate of drug-likeness (QED) is 0.843. The van der Waals surface area contributed by atoms with Crippen molar-refractivity contribution in [2.75, 3.05) is 27.8 Å². The molecule has 0 aliphatic carbocycles. The number of methoxy groups -OCH3 is 2. The molecular weight excluding hydrogens is 262 g/mol. The third-order valence-electron chi connectivity index (χ3n) is 4.12. The summed E-state index contributed by atoms with van der Waals surface area (Å²) in [5.74, 6) is 1.58. The molecule has 0 saturated carbocycles. The maximum atomic E-state index is 5.48. The van der Waals surface area contributed by atoms with E-state index in [4.69, 9.17) is 9.47 Å². The van der Waals surface area contributed by atoms with Gasteiger partial charge in [0.1, 0.15) is 0 Å². The fourth-order valence-corrected chi connectivity index (χ4v) is 2.98. The van der Waals surface area contributed by atoms with E-state index in [1.165, 1.54) is 22.3 Å². The summed E-state index contributed by atoms with van der Waals surface area (Å²) in [7, 11) is 5.53. The highest BCUT2D eigenvalue weighted by molar-refractivity contribution is 5.74. The molecule has 2 aromatic carbocycles. The number of benzene rings is 2. The fourth-order valence-electron chi connectivity index (χ4n) is 2.98. The van der Waals surface area contributed by atoms with Gasteiger partial charge in [-0.2, -0.15) is 0 Å². The third kappa shape index (κ3) is 2.61. The highest BCUT2D eigenvalue weighted by Crippen LogP contribution is 2.38. The van der Waals surface area contributed by atoms with E-state index >= 15 is 0 Å². The van der Waals surface area contributed by atoms with Crippen LogP contribution in [0, 0.1) is 0 Å². The number of rotatable bonds is 2. The van der Waals surface area contributed by atoms with Gasteiger partial charge in [0, 0.05) is 13.1 Å². The lowest BCUT2D eigenvalue weighted by atomic mass is 9.91. The summed E-state index contributed by atoms with van der Waals surface area (Å²) in [5, 5.41) is 0. The maximum absolute atomic E-state index is 5.48. The summed E-state index contributed by atoms with van der Waals surface area (Å²) >= 11 is 0. The Morgan fingerprint density at radius 3 is 2.38 bits per heavy atom. The van der Waals surface area contributed by atoms with Crippen LogP contribution >= 0.6 is 0 Å². The summed E-state index contributed by atoms with van der Waals surface area (Å²) in [6.45, 7) is 1.98. The molecule has 0 radical (unpaired) electrons. The van der Waals surface area contributed by atoms with Gasteiger partial charge in [-0.3, -0.25) is 0 Å². The molecule has 0 unspecified atom stereocenters. The Balaban J connectivity index is 2.23. The SMILES string of the molecule is COc1cc2c(cc1OC)-c1ccccc1CCN(C)C2. The highest BCUT2D eigenvalue weighted by Gasteiger charge is 2.18. The van der Waals surface area contributed by atoms with Gasteiger partial charge in [-0.25, -0.2) is 0 Å². The molecule has 1 aliphatic rings. The van der Waals surface area contributed by atoms with Crippen LogP contribution in [-0.4, -0.2) is 32.7 Å². The Labute approximate surface area is 126 Å². The molecule has 110 valence electrons. The molecule has 1 aliphatic heterocycles. The second kappa shape index (κ2) is 5.78. The molecular formula is C18H21NO2. The first-order valence-corrected chi connectivity index (χ1v) is 7.24. The van der Waals surface area contributed by atoms with Crippen LogP contribution in [0.15, 0.2) is 36.4 Å². The first kappa shape index (κ1) is 14.0. The lowest BCUT2D eigenvalue weighted by Crippen LogP contribution is -2.23. The second-order valence-corrected chi connectivity index (χ2v) is 5.51. The molecule has 0 N–H and O–H groups in total. The van der Waals surface area contributed by atoms with Crippen LogP contribution < -0.4 is 9.47 Å². The molecule has 0 fully saturated rings. The van der Waals surface area contributed by atoms with Crippen molar-refractivity contribution in [3.8, 4) is 22.6 Å². The van der Waals surface area contributed by atoms with Crippen molar-refractivity contribution in [2.24, 2.45) is 0 Å². The molecule has 0 atom stereocenters. The standard InChI is InChI=1S/C18H21NO2/c1-19-9-8-13-6-4-5-7-15(13)16-11-18(21-3)17(20-2)10-14(16)12-19/h4-7,10-11H,8-9,12H2,1-3H3. The highest BCUT2D eigenvalue weighted by atomic mass is 16.5. The van der Waals surface area contributed by atoms with Crippen LogP contribution in [0.3, 0.4) is 0 Å². The van der Waals surface area contributed by atoms with Crippen molar-refractivity contribution in [1.29, 1.82) is 0 Å². The number of nitrogens with zero attached hydrogens (tertiary/aromatic N) is 1. The van der Waals surface area contributed by atoms with E-state index in [0.717, 1.165) is 31.0 Å². The summed E-state index contributed by atoms with van der Waals surface area (Å²) in [4.78, 5) is 2.35. The Bertz CT molecular complexity index is 652. The Morgan fingerprint density at radius 1 is 0.905 bits per heavy atom. The molecule has 3 heteroatoms. The molecule has 0 spiro atoms. The summed E-state index contributed by atoms with van der Waals surface area (Å²) in [6, 6.07) is 12.8. The van der Waals surface area contributed by atoms with Gasteiger partial charge in [0.15, 0.2) is 11.5 Å². The van der Waals surface area contributed by atoms with Crippen molar-refractivity contribution in [3.63, 3.8) is 0 Å². The number of hydrogen-bond donors (Lipinski definition) is 0. The third-order valence-corrected chi connectivity index (χ3v) is 4.12. The first-order valence-electron chi connectivity index (χ1n) is 7.24. The number of ether oxygens (including phenoxy) is 2. The van der Waals surface area contributed by atoms with Gasteiger partial charge in [-0.05, 0) is 47.9 Å². The predicted molar refractivity (Wildman–Crippen MR) is 85.0 cm³/mol. The van der Waals surface area contributed by atoms with Crippen LogP contribution in [0.4, 0.5) is 0 Å². The van der Waals surface area contributed by atoms with E-state index in [0.29, 0.717) is 0 Å². The van der Waals surface area contributed by atoms with Gasteiger partial charge in [0.2, 0.25) is 0 Å². The lowest BCUT2D eigenvalue weighted by Gasteiger charge is -2.25. The minimum atomic E-state index is 0.786. The number of likely N-dealkylation sites (N-methyl/N-ethyl adjacent to an activating group) is 1. The monoisotopic (exact) mass is 283 g/mol. The van der Waals surface area contributed by atoms with Gasteiger partial charge in [-0.15, -0.1) is 0 Å². The lowest BCUT2D eigenvalue weighted by molar-refractivity contribution is 0.326. The zero-order valence-corrected chi connectivity index (χ0v) is 12.8. The van der Waals surface area contributed by atoms with Gasteiger partial charge < -0.3 is 14.4 Å². The van der Waals surface area contributed by atoms with Crippen LogP contribution in [0.5, 0.6) is 11.5 Å². The molecule has 0 saturated heterocycles. The molecule has 1 heterocycles. The van der Waals surface area contributed by atoms with E-state index in [1.807, 2.05) is 0 Å². The molecule has 0 aromatic heterocycles. The summed E-state index contributed by atoms with van der Waals surface area (Å²) < 4.78 is 10.9. The maximum Gasteiger partial charge on any atom is 0.161 e. The number of hydrogen-bond acceptors (Lipinski definition) is 3. The van der Waals surface area contributed by atoms with Gasteiger partial charge in [-0.1, -0.05) is 24.3 Å². The second-order valence-electron chi connectivity index (χ2n) is 5.51. The van der Waals surface area contributed by atoms with Crippen molar-refractivity contribution in [1.82, 2.24) is 4.90 Å². The van der Waals surface area contributed by atoms with Gasteiger partial charge >= 0.3 is 0 Å². The van der Waals surface area contributed by atoms with Crippen LogP contribution in [0.25, 0.3) is 11.1 Å². The van der Waals surface area contributed by atoms with E-state index < -0.39 is 0 Å². The van der Waals surface area contributed by atoms with E-state index in [-0.39, 0.29) is 0 Å². The predicted octanol–water partition coefficient (Wildman–Crippen LogP) is 3.36. The van der Waals surface area contributed by atoms with E-state index in [2.05, 4.69) is 48.3 Å². The van der Waals surface area contributed by atoms with Crippen LogP contribution in [-0.2, 0) is 13.0 Å². The molecule has 0 bridgehead atoms. The molecule has 3 nitrogen and oxygen atoms in total. The zero-order valence-electron chi connectivity index (χ0n) is 12.8. The molecule has 2 aromatic rings. The first-order chi connectivity index (χ1) is 10.2. The summed E-state index contributed by atoms with van der Waals surface area (Å²) in [5.41, 5.74) is 5.22. The van der Waals surface area contributed by atoms with Crippen molar-refractivity contribution in [3.05, 3.63) is 47.5 Å². The average Bonchev–Trinajstić information content (AvgIpc) is 2.51. The molecule has 3 rings (SSSR count). The topological polar surface area (TPSA) is 21.7 Å². The normalized spacial score (nSPS) is 14.6. The van der Waals surface area contributed by atoms with Crippen LogP contribution in [0.1, 0.15) is 11.1 Å². The Hall–Kier alpha value is -2.00. The Kier molecular flexibility index (Phi) is 3.84. The van der Waals surface area contributed by atoms with Gasteiger partial charge in [0.25, 0.3) is 0 Å². The van der Waals surface area contributed by atoms with Gasteiger partial charge in [0.05, 0.1) is 14.2 Å². The smallest absolute Gasteiger partial charge is 0.161 e. The molecule has 21 heavy (non-hydrogen) atoms. The van der Waals surface area contributed by atoms with E-state index in [9.17, 15) is 0 Å². The average molecular weight is 283 g/mol. The van der Waals surface area contributed by atoms with Crippen LogP contribution in [0.2, 0.25) is 0 Å².